The summed E-state index contributed by atoms with van der Waals surface area (Å²) in [5, 5.41) is 18.1. The highest BCUT2D eigenvalue weighted by atomic mass is 32.2. The third kappa shape index (κ3) is 3.78. The zero-order chi connectivity index (χ0) is 18.7. The number of thioether (sulfide) groups is 1. The molecule has 7 heteroatoms. The summed E-state index contributed by atoms with van der Waals surface area (Å²) < 4.78 is 0. The van der Waals surface area contributed by atoms with Crippen molar-refractivity contribution in [3.8, 4) is 5.75 Å². The first-order valence-corrected chi connectivity index (χ1v) is 8.72. The van der Waals surface area contributed by atoms with E-state index in [9.17, 15) is 19.8 Å². The molecule has 0 radical (unpaired) electrons. The van der Waals surface area contributed by atoms with E-state index < -0.39 is 11.2 Å². The fourth-order valence-electron chi connectivity index (χ4n) is 2.32. The largest absolute Gasteiger partial charge is 0.508 e. The Balaban J connectivity index is 1.99. The van der Waals surface area contributed by atoms with E-state index in [2.05, 4.69) is 4.99 Å². The number of phenols is 1. The van der Waals surface area contributed by atoms with Gasteiger partial charge < -0.3 is 10.2 Å². The minimum absolute atomic E-state index is 0.130. The number of phenolic OH excluding ortho intramolecular Hbond substituents is 1. The van der Waals surface area contributed by atoms with Crippen molar-refractivity contribution in [1.29, 1.82) is 0 Å². The van der Waals surface area contributed by atoms with Crippen molar-refractivity contribution in [3.05, 3.63) is 65.9 Å². The topological polar surface area (TPSA) is 90.2 Å². The number of aliphatic imine (C=N–C) groups is 1. The highest BCUT2D eigenvalue weighted by Gasteiger charge is 2.33. The van der Waals surface area contributed by atoms with Crippen molar-refractivity contribution in [2.45, 2.75) is 12.2 Å². The average molecular weight is 368 g/mol. The molecule has 0 saturated heterocycles. The summed E-state index contributed by atoms with van der Waals surface area (Å²) in [6, 6.07) is 15.3. The molecular weight excluding hydrogens is 352 g/mol. The minimum Gasteiger partial charge on any atom is -0.508 e. The van der Waals surface area contributed by atoms with Crippen molar-refractivity contribution >= 4 is 40.6 Å². The van der Waals surface area contributed by atoms with E-state index in [1.54, 1.807) is 49.4 Å². The van der Waals surface area contributed by atoms with Gasteiger partial charge in [-0.2, -0.15) is 0 Å². The maximum absolute atomic E-state index is 12.9. The van der Waals surface area contributed by atoms with Crippen molar-refractivity contribution < 1.29 is 19.8 Å². The van der Waals surface area contributed by atoms with Crippen LogP contribution in [0.4, 0.5) is 5.69 Å². The minimum atomic E-state index is -0.978. The Morgan fingerprint density at radius 2 is 1.81 bits per heavy atom. The monoisotopic (exact) mass is 368 g/mol. The van der Waals surface area contributed by atoms with E-state index in [1.165, 1.54) is 17.0 Å². The predicted octanol–water partition coefficient (Wildman–Crippen LogP) is 3.34. The summed E-state index contributed by atoms with van der Waals surface area (Å²) in [5.74, 6) is -1.18. The second-order valence-electron chi connectivity index (χ2n) is 5.59. The highest BCUT2D eigenvalue weighted by Crippen LogP contribution is 2.31. The molecule has 0 fully saturated rings. The third-order valence-electron chi connectivity index (χ3n) is 3.67. The molecule has 1 unspecified atom stereocenters. The molecule has 1 aliphatic rings. The molecule has 6 nitrogen and oxygen atoms in total. The number of amides is 1. The lowest BCUT2D eigenvalue weighted by Crippen LogP contribution is -2.32. The summed E-state index contributed by atoms with van der Waals surface area (Å²) in [6.45, 7) is 1.55. The normalized spacial score (nSPS) is 16.7. The Morgan fingerprint density at radius 1 is 1.15 bits per heavy atom. The van der Waals surface area contributed by atoms with Gasteiger partial charge in [-0.25, -0.2) is 4.99 Å². The van der Waals surface area contributed by atoms with Gasteiger partial charge in [-0.1, -0.05) is 42.1 Å². The lowest BCUT2D eigenvalue weighted by Gasteiger charge is -2.18. The van der Waals surface area contributed by atoms with E-state index in [0.717, 1.165) is 11.8 Å². The first kappa shape index (κ1) is 17.8. The van der Waals surface area contributed by atoms with E-state index in [-0.39, 0.29) is 17.4 Å². The van der Waals surface area contributed by atoms with Crippen LogP contribution in [0.1, 0.15) is 12.5 Å². The molecule has 0 aliphatic carbocycles. The highest BCUT2D eigenvalue weighted by molar-refractivity contribution is 8.15. The first-order valence-electron chi connectivity index (χ1n) is 7.84. The van der Waals surface area contributed by atoms with E-state index in [1.807, 2.05) is 6.07 Å². The lowest BCUT2D eigenvalue weighted by molar-refractivity contribution is -0.136. The number of anilines is 1. The summed E-state index contributed by atoms with van der Waals surface area (Å²) >= 11 is 1.01. The quantitative estimate of drug-likeness (QED) is 0.808. The van der Waals surface area contributed by atoms with Crippen LogP contribution in [0.2, 0.25) is 0 Å². The number of carboxylic acids is 1. The number of benzene rings is 2. The maximum Gasteiger partial charge on any atom is 0.316 e. The average Bonchev–Trinajstić information content (AvgIpc) is 2.92. The van der Waals surface area contributed by atoms with Gasteiger partial charge in [0.2, 0.25) is 0 Å². The van der Waals surface area contributed by atoms with Gasteiger partial charge in [0.15, 0.2) is 5.17 Å². The third-order valence-corrected chi connectivity index (χ3v) is 4.71. The van der Waals surface area contributed by atoms with E-state index in [0.29, 0.717) is 16.4 Å². The number of carbonyl (C=O) groups excluding carboxylic acids is 1. The van der Waals surface area contributed by atoms with Gasteiger partial charge in [-0.3, -0.25) is 14.5 Å². The van der Waals surface area contributed by atoms with Gasteiger partial charge in [-0.15, -0.1) is 0 Å². The van der Waals surface area contributed by atoms with E-state index in [4.69, 9.17) is 0 Å². The van der Waals surface area contributed by atoms with Crippen molar-refractivity contribution in [2.75, 3.05) is 4.90 Å². The molecule has 1 amide bonds. The Hall–Kier alpha value is -3.06. The van der Waals surface area contributed by atoms with Crippen LogP contribution in [-0.2, 0) is 9.59 Å². The van der Waals surface area contributed by atoms with Crippen LogP contribution in [-0.4, -0.2) is 32.5 Å². The predicted molar refractivity (Wildman–Crippen MR) is 102 cm³/mol. The Kier molecular flexibility index (Phi) is 5.09. The summed E-state index contributed by atoms with van der Waals surface area (Å²) in [6.07, 6.45) is 1.61. The molecule has 3 rings (SSSR count). The molecule has 132 valence electrons. The lowest BCUT2D eigenvalue weighted by atomic mass is 10.2. The number of hydrogen-bond donors (Lipinski definition) is 2. The molecule has 1 heterocycles. The number of aromatic hydroxyl groups is 1. The molecule has 0 bridgehead atoms. The number of amidine groups is 1. The number of carboxylic acid groups (broad SMARTS) is 1. The van der Waals surface area contributed by atoms with Gasteiger partial charge >= 0.3 is 5.97 Å². The van der Waals surface area contributed by atoms with Crippen LogP contribution in [0.5, 0.6) is 5.75 Å². The molecular formula is C19H16N2O4S. The van der Waals surface area contributed by atoms with Crippen LogP contribution in [0.15, 0.2) is 65.3 Å². The van der Waals surface area contributed by atoms with Crippen LogP contribution in [0.25, 0.3) is 6.08 Å². The summed E-state index contributed by atoms with van der Waals surface area (Å²) in [7, 11) is 0. The van der Waals surface area contributed by atoms with Gasteiger partial charge in [0.1, 0.15) is 16.7 Å². The summed E-state index contributed by atoms with van der Waals surface area (Å²) in [5.41, 5.74) is 1.54. The molecule has 2 aromatic carbocycles. The Labute approximate surface area is 154 Å². The Morgan fingerprint density at radius 3 is 2.42 bits per heavy atom. The number of rotatable bonds is 4. The fourth-order valence-corrected chi connectivity index (χ4v) is 3.18. The number of carbonyl (C=O) groups is 2. The standard InChI is InChI=1S/C19H16N2O4S/c1-12(18(24)25)26-19-20-16(11-13-7-9-15(22)10-8-13)17(23)21(19)14-5-3-2-4-6-14/h2-12,22H,1H3,(H,24,25)/b16-11+. The van der Waals surface area contributed by atoms with Gasteiger partial charge in [-0.05, 0) is 42.8 Å². The second kappa shape index (κ2) is 7.45. The van der Waals surface area contributed by atoms with Crippen LogP contribution in [0, 0.1) is 0 Å². The molecule has 0 spiro atoms. The van der Waals surface area contributed by atoms with Crippen LogP contribution >= 0.6 is 11.8 Å². The number of aliphatic carboxylic acids is 1. The SMILES string of the molecule is CC(SC1=N/C(=C/c2ccc(O)cc2)C(=O)N1c1ccccc1)C(=O)O. The maximum atomic E-state index is 12.9. The number of nitrogens with zero attached hydrogens (tertiary/aromatic N) is 2. The van der Waals surface area contributed by atoms with Gasteiger partial charge in [0, 0.05) is 0 Å². The Bertz CT molecular complexity index is 892. The molecule has 2 aromatic rings. The molecule has 0 aromatic heterocycles. The van der Waals surface area contributed by atoms with Crippen molar-refractivity contribution in [3.63, 3.8) is 0 Å². The zero-order valence-electron chi connectivity index (χ0n) is 13.9. The van der Waals surface area contributed by atoms with E-state index >= 15 is 0 Å². The fraction of sp³-hybridized carbons (Fsp3) is 0.105. The summed E-state index contributed by atoms with van der Waals surface area (Å²) in [4.78, 5) is 29.8. The number of hydrogen-bond acceptors (Lipinski definition) is 5. The van der Waals surface area contributed by atoms with Crippen molar-refractivity contribution in [1.82, 2.24) is 0 Å². The van der Waals surface area contributed by atoms with Gasteiger partial charge in [0.05, 0.1) is 5.69 Å². The number of para-hydroxylation sites is 1. The van der Waals surface area contributed by atoms with Gasteiger partial charge in [0.25, 0.3) is 5.91 Å². The molecule has 26 heavy (non-hydrogen) atoms. The zero-order valence-corrected chi connectivity index (χ0v) is 14.7. The molecule has 1 atom stereocenters. The first-order chi connectivity index (χ1) is 12.5. The molecule has 0 saturated carbocycles. The van der Waals surface area contributed by atoms with Crippen LogP contribution < -0.4 is 4.90 Å². The second-order valence-corrected chi connectivity index (χ2v) is 6.90. The van der Waals surface area contributed by atoms with Crippen molar-refractivity contribution in [2.24, 2.45) is 4.99 Å². The smallest absolute Gasteiger partial charge is 0.316 e. The van der Waals surface area contributed by atoms with Crippen LogP contribution in [0.3, 0.4) is 0 Å². The molecule has 2 N–H and O–H groups in total. The molecule has 1 aliphatic heterocycles.